The van der Waals surface area contributed by atoms with Gasteiger partial charge in [0, 0.05) is 37.6 Å². The monoisotopic (exact) mass is 284 g/mol. The van der Waals surface area contributed by atoms with Gasteiger partial charge in [0.05, 0.1) is 18.3 Å². The summed E-state index contributed by atoms with van der Waals surface area (Å²) in [6.07, 6.45) is 9.60. The summed E-state index contributed by atoms with van der Waals surface area (Å²) in [7, 11) is 0. The quantitative estimate of drug-likeness (QED) is 0.855. The third-order valence-electron chi connectivity index (χ3n) is 4.34. The largest absolute Gasteiger partial charge is 0.294 e. The third-order valence-corrected chi connectivity index (χ3v) is 4.34. The highest BCUT2D eigenvalue weighted by molar-refractivity contribution is 5.09. The second-order valence-corrected chi connectivity index (χ2v) is 6.25. The maximum absolute atomic E-state index is 4.39. The Hall–Kier alpha value is -1.82. The first-order valence-electron chi connectivity index (χ1n) is 7.69. The van der Waals surface area contributed by atoms with E-state index < -0.39 is 0 Å². The van der Waals surface area contributed by atoms with Crippen LogP contribution in [0.5, 0.6) is 0 Å². The molecule has 2 aromatic rings. The first-order valence-corrected chi connectivity index (χ1v) is 7.69. The lowest BCUT2D eigenvalue weighted by Crippen LogP contribution is -2.22. The molecule has 1 aliphatic carbocycles. The lowest BCUT2D eigenvalue weighted by atomic mass is 10.2. The number of hydrogen-bond donors (Lipinski definition) is 0. The predicted octanol–water partition coefficient (Wildman–Crippen LogP) is 1.70. The van der Waals surface area contributed by atoms with Crippen molar-refractivity contribution in [1.29, 1.82) is 0 Å². The molecular formula is C15H20N6. The number of likely N-dealkylation sites (tertiary alicyclic amines) is 1. The second kappa shape index (κ2) is 5.18. The molecular weight excluding hydrogens is 264 g/mol. The van der Waals surface area contributed by atoms with Crippen molar-refractivity contribution in [2.24, 2.45) is 0 Å². The number of aromatic nitrogens is 5. The van der Waals surface area contributed by atoms with E-state index in [2.05, 4.69) is 36.1 Å². The molecule has 2 aromatic heterocycles. The Labute approximate surface area is 124 Å². The maximum Gasteiger partial charge on any atom is 0.142 e. The summed E-state index contributed by atoms with van der Waals surface area (Å²) in [6.45, 7) is 4.91. The summed E-state index contributed by atoms with van der Waals surface area (Å²) in [5.41, 5.74) is 2.28. The molecule has 3 heterocycles. The molecule has 2 aliphatic rings. The van der Waals surface area contributed by atoms with Gasteiger partial charge in [-0.15, -0.1) is 5.10 Å². The first kappa shape index (κ1) is 12.9. The molecule has 1 saturated heterocycles. The van der Waals surface area contributed by atoms with E-state index in [-0.39, 0.29) is 0 Å². The fraction of sp³-hybridized carbons (Fsp3) is 0.600. The summed E-state index contributed by atoms with van der Waals surface area (Å²) in [5.74, 6) is 1.58. The Kier molecular flexibility index (Phi) is 3.18. The Balaban J connectivity index is 1.38. The number of rotatable bonds is 4. The molecule has 0 aromatic carbocycles. The minimum Gasteiger partial charge on any atom is -0.294 e. The Morgan fingerprint density at radius 1 is 1.19 bits per heavy atom. The molecule has 0 spiro atoms. The highest BCUT2D eigenvalue weighted by atomic mass is 15.4. The van der Waals surface area contributed by atoms with Crippen LogP contribution in [0.25, 0.3) is 0 Å². The topological polar surface area (TPSA) is 59.7 Å². The Bertz CT molecular complexity index is 615. The van der Waals surface area contributed by atoms with Gasteiger partial charge < -0.3 is 0 Å². The van der Waals surface area contributed by atoms with Gasteiger partial charge in [0.25, 0.3) is 0 Å². The Morgan fingerprint density at radius 3 is 2.76 bits per heavy atom. The van der Waals surface area contributed by atoms with Crippen molar-refractivity contribution in [3.63, 3.8) is 0 Å². The molecule has 0 radical (unpaired) electrons. The fourth-order valence-corrected chi connectivity index (χ4v) is 2.91. The summed E-state index contributed by atoms with van der Waals surface area (Å²) in [5, 5.41) is 8.63. The van der Waals surface area contributed by atoms with E-state index in [9.17, 15) is 0 Å². The van der Waals surface area contributed by atoms with Crippen LogP contribution in [0.1, 0.15) is 48.3 Å². The van der Waals surface area contributed by atoms with Gasteiger partial charge in [-0.25, -0.2) is 14.6 Å². The molecule has 0 N–H and O–H groups in total. The highest BCUT2D eigenvalue weighted by Crippen LogP contribution is 2.39. The fourth-order valence-electron chi connectivity index (χ4n) is 2.91. The van der Waals surface area contributed by atoms with Gasteiger partial charge in [-0.1, -0.05) is 5.21 Å². The normalized spacial score (nSPS) is 22.8. The molecule has 1 unspecified atom stereocenters. The summed E-state index contributed by atoms with van der Waals surface area (Å²) in [4.78, 5) is 11.2. The van der Waals surface area contributed by atoms with Crippen molar-refractivity contribution in [2.45, 2.75) is 44.7 Å². The molecule has 2 fully saturated rings. The van der Waals surface area contributed by atoms with Gasteiger partial charge in [0.15, 0.2) is 0 Å². The van der Waals surface area contributed by atoms with Crippen LogP contribution in [-0.4, -0.2) is 43.0 Å². The molecule has 110 valence electrons. The molecule has 0 bridgehead atoms. The minimum atomic E-state index is 0.440. The zero-order valence-electron chi connectivity index (χ0n) is 12.3. The predicted molar refractivity (Wildman–Crippen MR) is 77.7 cm³/mol. The summed E-state index contributed by atoms with van der Waals surface area (Å²) < 4.78 is 2.06. The summed E-state index contributed by atoms with van der Waals surface area (Å²) >= 11 is 0. The number of hydrogen-bond acceptors (Lipinski definition) is 5. The van der Waals surface area contributed by atoms with Crippen LogP contribution in [0, 0.1) is 6.92 Å². The van der Waals surface area contributed by atoms with E-state index in [1.165, 1.54) is 18.5 Å². The van der Waals surface area contributed by atoms with Gasteiger partial charge >= 0.3 is 0 Å². The van der Waals surface area contributed by atoms with Crippen LogP contribution in [0.15, 0.2) is 18.6 Å². The van der Waals surface area contributed by atoms with Gasteiger partial charge in [-0.05, 0) is 31.7 Å². The average molecular weight is 284 g/mol. The van der Waals surface area contributed by atoms with Gasteiger partial charge in [0.2, 0.25) is 0 Å². The Morgan fingerprint density at radius 2 is 2.00 bits per heavy atom. The van der Waals surface area contributed by atoms with E-state index in [4.69, 9.17) is 0 Å². The number of aryl methyl sites for hydroxylation is 1. The van der Waals surface area contributed by atoms with Gasteiger partial charge in [0.1, 0.15) is 5.82 Å². The zero-order chi connectivity index (χ0) is 14.2. The van der Waals surface area contributed by atoms with Crippen LogP contribution < -0.4 is 0 Å². The summed E-state index contributed by atoms with van der Waals surface area (Å²) in [6, 6.07) is 0.440. The minimum absolute atomic E-state index is 0.440. The third kappa shape index (κ3) is 2.81. The standard InChI is InChI=1S/C15H20N6/c1-11-6-16-15(17-7-11)10-20-5-4-13(8-20)21-9-14(18-19-21)12-2-3-12/h6-7,9,12-13H,2-5,8,10H2,1H3. The van der Waals surface area contributed by atoms with Crippen molar-refractivity contribution in [2.75, 3.05) is 13.1 Å². The van der Waals surface area contributed by atoms with Crippen molar-refractivity contribution >= 4 is 0 Å². The highest BCUT2D eigenvalue weighted by Gasteiger charge is 2.29. The van der Waals surface area contributed by atoms with Crippen LogP contribution in [-0.2, 0) is 6.54 Å². The van der Waals surface area contributed by atoms with Crippen molar-refractivity contribution < 1.29 is 0 Å². The molecule has 1 saturated carbocycles. The lowest BCUT2D eigenvalue weighted by Gasteiger charge is -2.14. The van der Waals surface area contributed by atoms with Crippen LogP contribution in [0.4, 0.5) is 0 Å². The van der Waals surface area contributed by atoms with Crippen LogP contribution >= 0.6 is 0 Å². The average Bonchev–Trinajstić information content (AvgIpc) is 3.04. The van der Waals surface area contributed by atoms with E-state index in [1.54, 1.807) is 0 Å². The SMILES string of the molecule is Cc1cnc(CN2CCC(n3cc(C4CC4)nn3)C2)nc1. The molecule has 0 amide bonds. The molecule has 4 rings (SSSR count). The molecule has 1 atom stereocenters. The van der Waals surface area contributed by atoms with E-state index in [0.29, 0.717) is 12.0 Å². The molecule has 6 nitrogen and oxygen atoms in total. The van der Waals surface area contributed by atoms with Gasteiger partial charge in [-0.3, -0.25) is 4.90 Å². The van der Waals surface area contributed by atoms with Crippen molar-refractivity contribution in [3.8, 4) is 0 Å². The van der Waals surface area contributed by atoms with Gasteiger partial charge in [-0.2, -0.15) is 0 Å². The zero-order valence-corrected chi connectivity index (χ0v) is 12.3. The number of nitrogens with zero attached hydrogens (tertiary/aromatic N) is 6. The molecule has 21 heavy (non-hydrogen) atoms. The van der Waals surface area contributed by atoms with E-state index in [0.717, 1.165) is 37.4 Å². The van der Waals surface area contributed by atoms with Crippen LogP contribution in [0.3, 0.4) is 0 Å². The first-order chi connectivity index (χ1) is 10.3. The smallest absolute Gasteiger partial charge is 0.142 e. The van der Waals surface area contributed by atoms with E-state index >= 15 is 0 Å². The van der Waals surface area contributed by atoms with Crippen molar-refractivity contribution in [3.05, 3.63) is 35.7 Å². The second-order valence-electron chi connectivity index (χ2n) is 6.25. The molecule has 1 aliphatic heterocycles. The van der Waals surface area contributed by atoms with Crippen molar-refractivity contribution in [1.82, 2.24) is 29.9 Å². The van der Waals surface area contributed by atoms with Crippen LogP contribution in [0.2, 0.25) is 0 Å². The maximum atomic E-state index is 4.39. The lowest BCUT2D eigenvalue weighted by molar-refractivity contribution is 0.303. The van der Waals surface area contributed by atoms with E-state index in [1.807, 2.05) is 19.3 Å². The molecule has 6 heteroatoms.